The smallest absolute Gasteiger partial charge is 0.324 e. The zero-order valence-electron chi connectivity index (χ0n) is 10.1. The zero-order chi connectivity index (χ0) is 13.9. The summed E-state index contributed by atoms with van der Waals surface area (Å²) in [4.78, 5) is 15.1. The molecule has 7 heteroatoms. The molecular weight excluding hydrogens is 259 g/mol. The number of aromatic nitrogens is 1. The van der Waals surface area contributed by atoms with Crippen LogP contribution in [0.1, 0.15) is 18.5 Å². The molecule has 1 aromatic rings. The number of piperidine rings is 1. The Kier molecular flexibility index (Phi) is 4.04. The fourth-order valence-corrected chi connectivity index (χ4v) is 1.96. The Morgan fingerprint density at radius 2 is 2.21 bits per heavy atom. The number of amides is 1. The van der Waals surface area contributed by atoms with Crippen LogP contribution in [-0.4, -0.2) is 24.0 Å². The second-order valence-electron chi connectivity index (χ2n) is 4.46. The van der Waals surface area contributed by atoms with E-state index < -0.39 is 11.9 Å². The van der Waals surface area contributed by atoms with Crippen molar-refractivity contribution in [1.82, 2.24) is 10.3 Å². The van der Waals surface area contributed by atoms with Gasteiger partial charge in [0.2, 0.25) is 5.91 Å². The van der Waals surface area contributed by atoms with Crippen LogP contribution in [0.15, 0.2) is 18.3 Å². The summed E-state index contributed by atoms with van der Waals surface area (Å²) < 4.78 is 36.9. The van der Waals surface area contributed by atoms with Gasteiger partial charge in [0.15, 0.2) is 0 Å². The Morgan fingerprint density at radius 3 is 2.74 bits per heavy atom. The summed E-state index contributed by atoms with van der Waals surface area (Å²) in [6.45, 7) is 1.49. The second kappa shape index (κ2) is 5.56. The van der Waals surface area contributed by atoms with Crippen LogP contribution in [0.2, 0.25) is 0 Å². The molecule has 4 nitrogen and oxygen atoms in total. The molecule has 1 aliphatic heterocycles. The molecule has 0 aromatic carbocycles. The molecule has 0 aliphatic carbocycles. The van der Waals surface area contributed by atoms with E-state index >= 15 is 0 Å². The molecule has 2 heterocycles. The minimum atomic E-state index is -4.46. The minimum absolute atomic E-state index is 0.143. The maximum atomic E-state index is 12.3. The second-order valence-corrected chi connectivity index (χ2v) is 4.46. The number of hydrogen-bond donors (Lipinski definition) is 2. The first kappa shape index (κ1) is 13.8. The van der Waals surface area contributed by atoms with Gasteiger partial charge in [0, 0.05) is 6.54 Å². The fourth-order valence-electron chi connectivity index (χ4n) is 1.96. The van der Waals surface area contributed by atoms with Gasteiger partial charge < -0.3 is 10.6 Å². The van der Waals surface area contributed by atoms with E-state index in [9.17, 15) is 18.0 Å². The maximum absolute atomic E-state index is 12.3. The highest BCUT2D eigenvalue weighted by Gasteiger charge is 2.32. The Bertz CT molecular complexity index is 439. The number of pyridine rings is 1. The van der Waals surface area contributed by atoms with E-state index in [1.165, 1.54) is 6.07 Å². The number of carbonyl (C=O) groups excluding carboxylic acids is 1. The Hall–Kier alpha value is -1.63. The molecule has 1 saturated heterocycles. The number of hydrogen-bond acceptors (Lipinski definition) is 3. The predicted molar refractivity (Wildman–Crippen MR) is 63.5 cm³/mol. The average molecular weight is 273 g/mol. The predicted octanol–water partition coefficient (Wildman–Crippen LogP) is 2.04. The fraction of sp³-hybridized carbons (Fsp3) is 0.500. The summed E-state index contributed by atoms with van der Waals surface area (Å²) in [6.07, 6.45) is -1.73. The van der Waals surface area contributed by atoms with E-state index in [4.69, 9.17) is 0 Å². The summed E-state index contributed by atoms with van der Waals surface area (Å²) in [7, 11) is 0. The number of anilines is 1. The summed E-state index contributed by atoms with van der Waals surface area (Å²) in [6, 6.07) is 2.07. The quantitative estimate of drug-likeness (QED) is 0.867. The highest BCUT2D eigenvalue weighted by Crippen LogP contribution is 2.27. The Balaban J connectivity index is 1.97. The van der Waals surface area contributed by atoms with Crippen molar-refractivity contribution in [3.63, 3.8) is 0 Å². The molecule has 104 valence electrons. The standard InChI is InChI=1S/C12H14F3N3O/c13-12(14,15)10-4-3-9(7-17-10)18-11(19)8-2-1-5-16-6-8/h3-4,7-8,16H,1-2,5-6H2,(H,18,19)/t8-/m0/s1. The Labute approximate surface area is 108 Å². The first-order valence-electron chi connectivity index (χ1n) is 6.01. The largest absolute Gasteiger partial charge is 0.433 e. The van der Waals surface area contributed by atoms with Crippen molar-refractivity contribution in [3.05, 3.63) is 24.0 Å². The minimum Gasteiger partial charge on any atom is -0.324 e. The lowest BCUT2D eigenvalue weighted by molar-refractivity contribution is -0.141. The molecular formula is C12H14F3N3O. The van der Waals surface area contributed by atoms with Crippen LogP contribution in [0, 0.1) is 5.92 Å². The van der Waals surface area contributed by atoms with Gasteiger partial charge in [-0.25, -0.2) is 4.98 Å². The van der Waals surface area contributed by atoms with Crippen LogP contribution in [0.25, 0.3) is 0 Å². The van der Waals surface area contributed by atoms with Crippen molar-refractivity contribution >= 4 is 11.6 Å². The number of rotatable bonds is 2. The molecule has 0 unspecified atom stereocenters. The van der Waals surface area contributed by atoms with Crippen molar-refractivity contribution in [2.24, 2.45) is 5.92 Å². The van der Waals surface area contributed by atoms with Crippen molar-refractivity contribution in [1.29, 1.82) is 0 Å². The number of alkyl halides is 3. The van der Waals surface area contributed by atoms with E-state index in [-0.39, 0.29) is 17.5 Å². The Morgan fingerprint density at radius 1 is 1.42 bits per heavy atom. The SMILES string of the molecule is O=C(Nc1ccc(C(F)(F)F)nc1)[C@H]1CCCNC1. The van der Waals surface area contributed by atoms with E-state index in [1.807, 2.05) is 0 Å². The zero-order valence-corrected chi connectivity index (χ0v) is 10.1. The van der Waals surface area contributed by atoms with Crippen molar-refractivity contribution in [2.75, 3.05) is 18.4 Å². The first-order chi connectivity index (χ1) is 8.97. The number of halogens is 3. The molecule has 1 aromatic heterocycles. The topological polar surface area (TPSA) is 54.0 Å². The number of carbonyl (C=O) groups is 1. The van der Waals surface area contributed by atoms with Crippen LogP contribution < -0.4 is 10.6 Å². The summed E-state index contributed by atoms with van der Waals surface area (Å²) in [5, 5.41) is 5.69. The van der Waals surface area contributed by atoms with Crippen LogP contribution in [0.5, 0.6) is 0 Å². The maximum Gasteiger partial charge on any atom is 0.433 e. The van der Waals surface area contributed by atoms with E-state index in [1.54, 1.807) is 0 Å². The molecule has 1 fully saturated rings. The lowest BCUT2D eigenvalue weighted by Gasteiger charge is -2.21. The van der Waals surface area contributed by atoms with Gasteiger partial charge in [0.25, 0.3) is 0 Å². The van der Waals surface area contributed by atoms with E-state index in [0.717, 1.165) is 31.6 Å². The van der Waals surface area contributed by atoms with Gasteiger partial charge in [0.1, 0.15) is 5.69 Å². The van der Waals surface area contributed by atoms with Gasteiger partial charge in [-0.3, -0.25) is 4.79 Å². The number of nitrogens with zero attached hydrogens (tertiary/aromatic N) is 1. The van der Waals surface area contributed by atoms with Crippen LogP contribution in [0.4, 0.5) is 18.9 Å². The third-order valence-corrected chi connectivity index (χ3v) is 2.99. The molecule has 0 spiro atoms. The summed E-state index contributed by atoms with van der Waals surface area (Å²) >= 11 is 0. The van der Waals surface area contributed by atoms with Gasteiger partial charge in [-0.15, -0.1) is 0 Å². The molecule has 0 saturated carbocycles. The highest BCUT2D eigenvalue weighted by atomic mass is 19.4. The average Bonchev–Trinajstić information content (AvgIpc) is 2.39. The third-order valence-electron chi connectivity index (χ3n) is 2.99. The van der Waals surface area contributed by atoms with Crippen molar-refractivity contribution < 1.29 is 18.0 Å². The highest BCUT2D eigenvalue weighted by molar-refractivity contribution is 5.92. The molecule has 1 amide bonds. The lowest BCUT2D eigenvalue weighted by atomic mass is 9.99. The monoisotopic (exact) mass is 273 g/mol. The number of nitrogens with one attached hydrogen (secondary N) is 2. The third kappa shape index (κ3) is 3.66. The molecule has 0 radical (unpaired) electrons. The van der Waals surface area contributed by atoms with Gasteiger partial charge in [-0.1, -0.05) is 0 Å². The molecule has 2 N–H and O–H groups in total. The molecule has 19 heavy (non-hydrogen) atoms. The van der Waals surface area contributed by atoms with E-state index in [0.29, 0.717) is 6.54 Å². The summed E-state index contributed by atoms with van der Waals surface area (Å²) in [5.41, 5.74) is -0.687. The molecule has 0 bridgehead atoms. The van der Waals surface area contributed by atoms with Gasteiger partial charge in [0.05, 0.1) is 17.8 Å². The lowest BCUT2D eigenvalue weighted by Crippen LogP contribution is -2.37. The normalized spacial score (nSPS) is 20.1. The molecule has 1 aliphatic rings. The first-order valence-corrected chi connectivity index (χ1v) is 6.01. The van der Waals surface area contributed by atoms with Crippen molar-refractivity contribution in [2.45, 2.75) is 19.0 Å². The summed E-state index contributed by atoms with van der Waals surface area (Å²) in [5.74, 6) is -0.329. The van der Waals surface area contributed by atoms with Gasteiger partial charge >= 0.3 is 6.18 Å². The van der Waals surface area contributed by atoms with Gasteiger partial charge in [-0.05, 0) is 31.5 Å². The van der Waals surface area contributed by atoms with Gasteiger partial charge in [-0.2, -0.15) is 13.2 Å². The van der Waals surface area contributed by atoms with Crippen LogP contribution in [0.3, 0.4) is 0 Å². The molecule has 2 rings (SSSR count). The van der Waals surface area contributed by atoms with Crippen LogP contribution in [-0.2, 0) is 11.0 Å². The van der Waals surface area contributed by atoms with Crippen LogP contribution >= 0.6 is 0 Å². The van der Waals surface area contributed by atoms with E-state index in [2.05, 4.69) is 15.6 Å². The molecule has 1 atom stereocenters. The van der Waals surface area contributed by atoms with Crippen molar-refractivity contribution in [3.8, 4) is 0 Å².